The van der Waals surface area contributed by atoms with Gasteiger partial charge in [-0.1, -0.05) is 35.5 Å². The number of thiazole rings is 1. The summed E-state index contributed by atoms with van der Waals surface area (Å²) in [7, 11) is -2.30. The molecule has 1 amide bonds. The Balaban J connectivity index is 1.47. The normalized spacial score (nSPS) is 13.1. The van der Waals surface area contributed by atoms with Gasteiger partial charge in [0.25, 0.3) is 15.9 Å². The molecule has 0 radical (unpaired) electrons. The van der Waals surface area contributed by atoms with E-state index in [1.165, 1.54) is 47.0 Å². The molecule has 0 bridgehead atoms. The summed E-state index contributed by atoms with van der Waals surface area (Å²) in [6, 6.07) is 18.1. The van der Waals surface area contributed by atoms with Crippen molar-refractivity contribution < 1.29 is 22.7 Å². The van der Waals surface area contributed by atoms with E-state index in [9.17, 15) is 13.2 Å². The summed E-state index contributed by atoms with van der Waals surface area (Å²) in [4.78, 5) is 17.7. The molecule has 1 aliphatic heterocycles. The molecule has 0 spiro atoms. The predicted octanol–water partition coefficient (Wildman–Crippen LogP) is 3.63. The first-order valence-corrected chi connectivity index (χ1v) is 12.7. The molecule has 0 atom stereocenters. The van der Waals surface area contributed by atoms with Gasteiger partial charge in [0.15, 0.2) is 16.3 Å². The Kier molecular flexibility index (Phi) is 5.80. The number of para-hydroxylation sites is 1. The van der Waals surface area contributed by atoms with Gasteiger partial charge >= 0.3 is 0 Å². The SMILES string of the molecule is C#CCn1c(=NC(=O)c2ccc(S(=O)(=O)N(C)c3ccccc3)cc2)sc2cc3c(cc21)OCO3. The van der Waals surface area contributed by atoms with Gasteiger partial charge in [-0.3, -0.25) is 9.10 Å². The molecular weight excluding hydrogens is 486 g/mol. The van der Waals surface area contributed by atoms with Gasteiger partial charge in [0.1, 0.15) is 0 Å². The fourth-order valence-electron chi connectivity index (χ4n) is 3.64. The lowest BCUT2D eigenvalue weighted by Crippen LogP contribution is -2.26. The van der Waals surface area contributed by atoms with Crippen molar-refractivity contribution in [2.75, 3.05) is 18.1 Å². The number of nitrogens with zero attached hydrogens (tertiary/aromatic N) is 3. The Labute approximate surface area is 205 Å². The molecule has 0 fully saturated rings. The van der Waals surface area contributed by atoms with Crippen LogP contribution in [0.3, 0.4) is 0 Å². The maximum Gasteiger partial charge on any atom is 0.279 e. The van der Waals surface area contributed by atoms with Crippen LogP contribution in [0.1, 0.15) is 10.4 Å². The average molecular weight is 506 g/mol. The molecule has 35 heavy (non-hydrogen) atoms. The second-order valence-electron chi connectivity index (χ2n) is 7.60. The van der Waals surface area contributed by atoms with Crippen LogP contribution in [0.2, 0.25) is 0 Å². The van der Waals surface area contributed by atoms with E-state index in [1.54, 1.807) is 28.8 Å². The van der Waals surface area contributed by atoms with E-state index in [0.29, 0.717) is 22.0 Å². The van der Waals surface area contributed by atoms with E-state index in [0.717, 1.165) is 10.2 Å². The van der Waals surface area contributed by atoms with E-state index >= 15 is 0 Å². The van der Waals surface area contributed by atoms with Gasteiger partial charge in [-0.2, -0.15) is 4.99 Å². The van der Waals surface area contributed by atoms with Crippen molar-refractivity contribution in [3.63, 3.8) is 0 Å². The number of anilines is 1. The molecule has 0 unspecified atom stereocenters. The number of rotatable bonds is 5. The van der Waals surface area contributed by atoms with Crippen molar-refractivity contribution >= 4 is 43.2 Å². The van der Waals surface area contributed by atoms with E-state index in [4.69, 9.17) is 15.9 Å². The van der Waals surface area contributed by atoms with Crippen LogP contribution in [0.5, 0.6) is 11.5 Å². The fourth-order valence-corrected chi connectivity index (χ4v) is 5.88. The van der Waals surface area contributed by atoms with Crippen LogP contribution in [-0.4, -0.2) is 32.7 Å². The van der Waals surface area contributed by atoms with Crippen molar-refractivity contribution in [3.8, 4) is 23.8 Å². The molecule has 2 heterocycles. The summed E-state index contributed by atoms with van der Waals surface area (Å²) in [5.41, 5.74) is 1.58. The summed E-state index contributed by atoms with van der Waals surface area (Å²) < 4.78 is 40.6. The molecule has 0 aliphatic carbocycles. The number of ether oxygens (including phenoxy) is 2. The molecule has 0 saturated carbocycles. The first-order valence-electron chi connectivity index (χ1n) is 10.5. The van der Waals surface area contributed by atoms with Crippen LogP contribution in [0.4, 0.5) is 5.69 Å². The highest BCUT2D eigenvalue weighted by Crippen LogP contribution is 2.37. The van der Waals surface area contributed by atoms with Gasteiger partial charge in [-0.25, -0.2) is 8.42 Å². The molecule has 8 nitrogen and oxygen atoms in total. The maximum atomic E-state index is 13.0. The van der Waals surface area contributed by atoms with Crippen molar-refractivity contribution in [2.24, 2.45) is 4.99 Å². The van der Waals surface area contributed by atoms with Gasteiger partial charge in [0.05, 0.1) is 27.3 Å². The summed E-state index contributed by atoms with van der Waals surface area (Å²) in [5, 5.41) is 0. The molecule has 5 rings (SSSR count). The van der Waals surface area contributed by atoms with Crippen LogP contribution < -0.4 is 18.6 Å². The Hall–Kier alpha value is -4.07. The Morgan fingerprint density at radius 1 is 1.11 bits per heavy atom. The zero-order valence-corrected chi connectivity index (χ0v) is 20.2. The lowest BCUT2D eigenvalue weighted by Gasteiger charge is -2.19. The Bertz CT molecular complexity index is 1650. The number of benzene rings is 3. The molecule has 0 N–H and O–H groups in total. The smallest absolute Gasteiger partial charge is 0.279 e. The number of hydrogen-bond donors (Lipinski definition) is 0. The topological polar surface area (TPSA) is 90.2 Å². The molecule has 1 aliphatic rings. The summed E-state index contributed by atoms with van der Waals surface area (Å²) in [6.07, 6.45) is 5.55. The molecular formula is C25H19N3O5S2. The Morgan fingerprint density at radius 3 is 2.49 bits per heavy atom. The maximum absolute atomic E-state index is 13.0. The van der Waals surface area contributed by atoms with E-state index in [1.807, 2.05) is 18.2 Å². The number of terminal acetylenes is 1. The third-order valence-corrected chi connectivity index (χ3v) is 8.34. The minimum absolute atomic E-state index is 0.0687. The minimum atomic E-state index is -3.79. The van der Waals surface area contributed by atoms with E-state index < -0.39 is 15.9 Å². The van der Waals surface area contributed by atoms with Crippen molar-refractivity contribution in [3.05, 3.63) is 77.1 Å². The molecule has 4 aromatic rings. The predicted molar refractivity (Wildman–Crippen MR) is 133 cm³/mol. The highest BCUT2D eigenvalue weighted by Gasteiger charge is 2.22. The van der Waals surface area contributed by atoms with Crippen LogP contribution in [0.25, 0.3) is 10.2 Å². The third kappa shape index (κ3) is 4.16. The van der Waals surface area contributed by atoms with Crippen molar-refractivity contribution in [1.82, 2.24) is 4.57 Å². The number of fused-ring (bicyclic) bond motifs is 2. The molecule has 1 aromatic heterocycles. The first-order chi connectivity index (χ1) is 16.9. The highest BCUT2D eigenvalue weighted by atomic mass is 32.2. The highest BCUT2D eigenvalue weighted by molar-refractivity contribution is 7.92. The molecule has 176 valence electrons. The largest absolute Gasteiger partial charge is 0.454 e. The van der Waals surface area contributed by atoms with E-state index in [2.05, 4.69) is 10.9 Å². The van der Waals surface area contributed by atoms with Crippen LogP contribution in [0, 0.1) is 12.3 Å². The van der Waals surface area contributed by atoms with Crippen molar-refractivity contribution in [1.29, 1.82) is 0 Å². The van der Waals surface area contributed by atoms with Gasteiger partial charge in [0, 0.05) is 24.7 Å². The molecule has 0 saturated heterocycles. The number of carbonyl (C=O) groups is 1. The lowest BCUT2D eigenvalue weighted by atomic mass is 10.2. The van der Waals surface area contributed by atoms with Crippen molar-refractivity contribution in [2.45, 2.75) is 11.4 Å². The van der Waals surface area contributed by atoms with Crippen LogP contribution in [-0.2, 0) is 16.6 Å². The monoisotopic (exact) mass is 505 g/mol. The minimum Gasteiger partial charge on any atom is -0.454 e. The lowest BCUT2D eigenvalue weighted by molar-refractivity contribution is 0.0998. The van der Waals surface area contributed by atoms with Gasteiger partial charge < -0.3 is 14.0 Å². The van der Waals surface area contributed by atoms with Crippen LogP contribution in [0.15, 0.2) is 76.6 Å². The number of amides is 1. The van der Waals surface area contributed by atoms with E-state index in [-0.39, 0.29) is 23.8 Å². The summed E-state index contributed by atoms with van der Waals surface area (Å²) >= 11 is 1.30. The second kappa shape index (κ2) is 8.94. The van der Waals surface area contributed by atoms with Gasteiger partial charge in [0.2, 0.25) is 6.79 Å². The second-order valence-corrected chi connectivity index (χ2v) is 10.6. The van der Waals surface area contributed by atoms with Crippen LogP contribution >= 0.6 is 11.3 Å². The zero-order chi connectivity index (χ0) is 24.6. The zero-order valence-electron chi connectivity index (χ0n) is 18.5. The summed E-state index contributed by atoms with van der Waals surface area (Å²) in [6.45, 7) is 0.374. The fraction of sp³-hybridized carbons (Fsp3) is 0.120. The standard InChI is InChI=1S/C25H19N3O5S2/c1-3-13-28-20-14-21-22(33-16-32-21)15-23(20)34-25(28)26-24(29)17-9-11-19(12-10-17)35(30,31)27(2)18-7-5-4-6-8-18/h1,4-12,14-15H,13,16H2,2H3. The molecule has 10 heteroatoms. The number of sulfonamides is 1. The number of hydrogen-bond acceptors (Lipinski definition) is 6. The number of carbonyl (C=O) groups excluding carboxylic acids is 1. The first kappa shape index (κ1) is 22.7. The average Bonchev–Trinajstić information content (AvgIpc) is 3.46. The van der Waals surface area contributed by atoms with Gasteiger partial charge in [-0.05, 0) is 36.4 Å². The Morgan fingerprint density at radius 2 is 1.80 bits per heavy atom. The summed E-state index contributed by atoms with van der Waals surface area (Å²) in [5.74, 6) is 3.31. The quantitative estimate of drug-likeness (QED) is 0.387. The van der Waals surface area contributed by atoms with Gasteiger partial charge in [-0.15, -0.1) is 6.42 Å². The third-order valence-electron chi connectivity index (χ3n) is 5.50. The molecule has 3 aromatic carbocycles. The number of aromatic nitrogens is 1.